The lowest BCUT2D eigenvalue weighted by Gasteiger charge is -2.41. The van der Waals surface area contributed by atoms with E-state index < -0.39 is 0 Å². The number of piperidine rings is 1. The Kier molecular flexibility index (Phi) is 4.81. The molecule has 116 valence electrons. The Morgan fingerprint density at radius 1 is 1.19 bits per heavy atom. The molecule has 0 amide bonds. The van der Waals surface area contributed by atoms with Crippen molar-refractivity contribution < 1.29 is 4.74 Å². The number of ether oxygens (including phenoxy) is 1. The monoisotopic (exact) mass is 288 g/mol. The number of hydrogen-bond donors (Lipinski definition) is 1. The van der Waals surface area contributed by atoms with Crippen molar-refractivity contribution >= 4 is 0 Å². The number of nitrogens with two attached hydrogens (primary N) is 1. The molecule has 0 aromatic heterocycles. The molecule has 21 heavy (non-hydrogen) atoms. The lowest BCUT2D eigenvalue weighted by molar-refractivity contribution is 0.200. The average molecular weight is 288 g/mol. The van der Waals surface area contributed by atoms with Crippen LogP contribution < -0.4 is 10.5 Å². The quantitative estimate of drug-likeness (QED) is 0.818. The molecule has 2 atom stereocenters. The Hall–Kier alpha value is -1.06. The first kappa shape index (κ1) is 14.9. The van der Waals surface area contributed by atoms with Crippen LogP contribution in [0.15, 0.2) is 18.2 Å². The standard InChI is InChI=1S/C18H28N2O/c1-14-16-7-6-15(21-11-5-8-19)12-17(16)18(14)13-20-9-3-2-4-10-20/h6-7,12,14,18H,2-5,8-11,13,19H2,1H3. The number of nitrogens with zero attached hydrogens (tertiary/aromatic N) is 1. The fourth-order valence-corrected chi connectivity index (χ4v) is 3.72. The van der Waals surface area contributed by atoms with Crippen LogP contribution in [0.4, 0.5) is 0 Å². The summed E-state index contributed by atoms with van der Waals surface area (Å²) in [6.07, 6.45) is 5.07. The second-order valence-corrected chi connectivity index (χ2v) is 6.54. The van der Waals surface area contributed by atoms with E-state index >= 15 is 0 Å². The third kappa shape index (κ3) is 3.24. The summed E-state index contributed by atoms with van der Waals surface area (Å²) in [6.45, 7) is 7.57. The molecule has 3 nitrogen and oxygen atoms in total. The third-order valence-corrected chi connectivity index (χ3v) is 5.07. The van der Waals surface area contributed by atoms with E-state index in [1.54, 1.807) is 0 Å². The van der Waals surface area contributed by atoms with Crippen LogP contribution in [0, 0.1) is 0 Å². The summed E-state index contributed by atoms with van der Waals surface area (Å²) in [4.78, 5) is 2.65. The van der Waals surface area contributed by atoms with Gasteiger partial charge in [0.2, 0.25) is 0 Å². The maximum atomic E-state index is 5.80. The molecule has 2 aliphatic rings. The van der Waals surface area contributed by atoms with E-state index in [9.17, 15) is 0 Å². The summed E-state index contributed by atoms with van der Waals surface area (Å²) in [5, 5.41) is 0. The van der Waals surface area contributed by atoms with Crippen LogP contribution in [0.25, 0.3) is 0 Å². The molecule has 0 bridgehead atoms. The van der Waals surface area contributed by atoms with E-state index in [-0.39, 0.29) is 0 Å². The van der Waals surface area contributed by atoms with Crippen LogP contribution in [0.5, 0.6) is 5.75 Å². The Balaban J connectivity index is 1.63. The molecule has 1 saturated heterocycles. The second-order valence-electron chi connectivity index (χ2n) is 6.54. The molecule has 1 aromatic carbocycles. The minimum Gasteiger partial charge on any atom is -0.494 e. The van der Waals surface area contributed by atoms with Gasteiger partial charge in [-0.05, 0) is 68.1 Å². The van der Waals surface area contributed by atoms with Crippen LogP contribution in [-0.2, 0) is 0 Å². The molecule has 3 rings (SSSR count). The summed E-state index contributed by atoms with van der Waals surface area (Å²) >= 11 is 0. The maximum absolute atomic E-state index is 5.80. The van der Waals surface area contributed by atoms with Crippen LogP contribution in [0.2, 0.25) is 0 Å². The van der Waals surface area contributed by atoms with Gasteiger partial charge in [0.15, 0.2) is 0 Å². The van der Waals surface area contributed by atoms with E-state index in [0.29, 0.717) is 18.4 Å². The predicted octanol–water partition coefficient (Wildman–Crippen LogP) is 3.10. The van der Waals surface area contributed by atoms with Gasteiger partial charge in [-0.25, -0.2) is 0 Å². The Bertz CT molecular complexity index is 468. The summed E-state index contributed by atoms with van der Waals surface area (Å²) in [7, 11) is 0. The number of benzene rings is 1. The number of likely N-dealkylation sites (tertiary alicyclic amines) is 1. The Morgan fingerprint density at radius 2 is 2.00 bits per heavy atom. The van der Waals surface area contributed by atoms with Gasteiger partial charge in [0.05, 0.1) is 6.61 Å². The largest absolute Gasteiger partial charge is 0.494 e. The normalized spacial score (nSPS) is 25.2. The van der Waals surface area contributed by atoms with Gasteiger partial charge in [0, 0.05) is 12.5 Å². The smallest absolute Gasteiger partial charge is 0.119 e. The van der Waals surface area contributed by atoms with Crippen LogP contribution in [0.1, 0.15) is 55.6 Å². The number of rotatable bonds is 6. The van der Waals surface area contributed by atoms with Gasteiger partial charge in [-0.3, -0.25) is 0 Å². The van der Waals surface area contributed by atoms with Gasteiger partial charge < -0.3 is 15.4 Å². The first-order valence-corrected chi connectivity index (χ1v) is 8.48. The SMILES string of the molecule is CC1c2ccc(OCCCN)cc2C1CN1CCCCC1. The molecule has 1 aliphatic heterocycles. The molecule has 2 unspecified atom stereocenters. The summed E-state index contributed by atoms with van der Waals surface area (Å²) in [5.74, 6) is 2.40. The highest BCUT2D eigenvalue weighted by Crippen LogP contribution is 2.48. The molecule has 1 fully saturated rings. The minimum atomic E-state index is 0.691. The Morgan fingerprint density at radius 3 is 2.76 bits per heavy atom. The zero-order valence-corrected chi connectivity index (χ0v) is 13.2. The van der Waals surface area contributed by atoms with Crippen molar-refractivity contribution in [2.24, 2.45) is 5.73 Å². The highest BCUT2D eigenvalue weighted by atomic mass is 16.5. The average Bonchev–Trinajstić information content (AvgIpc) is 2.53. The molecule has 1 aliphatic carbocycles. The first-order chi connectivity index (χ1) is 10.3. The van der Waals surface area contributed by atoms with Gasteiger partial charge >= 0.3 is 0 Å². The zero-order valence-electron chi connectivity index (χ0n) is 13.2. The van der Waals surface area contributed by atoms with Crippen molar-refractivity contribution in [1.82, 2.24) is 4.90 Å². The lowest BCUT2D eigenvalue weighted by Crippen LogP contribution is -2.38. The molecule has 0 saturated carbocycles. The van der Waals surface area contributed by atoms with Crippen molar-refractivity contribution in [2.75, 3.05) is 32.8 Å². The molecule has 0 spiro atoms. The van der Waals surface area contributed by atoms with E-state index in [0.717, 1.165) is 18.8 Å². The van der Waals surface area contributed by atoms with Gasteiger partial charge in [0.25, 0.3) is 0 Å². The van der Waals surface area contributed by atoms with E-state index in [1.165, 1.54) is 50.0 Å². The third-order valence-electron chi connectivity index (χ3n) is 5.07. The number of hydrogen-bond acceptors (Lipinski definition) is 3. The number of fused-ring (bicyclic) bond motifs is 1. The van der Waals surface area contributed by atoms with Crippen molar-refractivity contribution in [2.45, 2.75) is 44.4 Å². The highest BCUT2D eigenvalue weighted by Gasteiger charge is 2.35. The molecular formula is C18H28N2O. The van der Waals surface area contributed by atoms with E-state index in [2.05, 4.69) is 30.0 Å². The van der Waals surface area contributed by atoms with Crippen molar-refractivity contribution in [3.05, 3.63) is 29.3 Å². The van der Waals surface area contributed by atoms with Crippen molar-refractivity contribution in [3.63, 3.8) is 0 Å². The lowest BCUT2D eigenvalue weighted by atomic mass is 9.68. The summed E-state index contributed by atoms with van der Waals surface area (Å²) < 4.78 is 5.80. The van der Waals surface area contributed by atoms with Crippen molar-refractivity contribution in [3.8, 4) is 5.75 Å². The first-order valence-electron chi connectivity index (χ1n) is 8.48. The fourth-order valence-electron chi connectivity index (χ4n) is 3.72. The van der Waals surface area contributed by atoms with Crippen LogP contribution in [-0.4, -0.2) is 37.7 Å². The molecule has 3 heteroatoms. The molecule has 1 aromatic rings. The fraction of sp³-hybridized carbons (Fsp3) is 0.667. The second kappa shape index (κ2) is 6.80. The molecule has 2 N–H and O–H groups in total. The molecule has 0 radical (unpaired) electrons. The van der Waals surface area contributed by atoms with Crippen molar-refractivity contribution in [1.29, 1.82) is 0 Å². The van der Waals surface area contributed by atoms with Gasteiger partial charge in [-0.2, -0.15) is 0 Å². The topological polar surface area (TPSA) is 38.5 Å². The predicted molar refractivity (Wildman–Crippen MR) is 87.1 cm³/mol. The van der Waals surface area contributed by atoms with Gasteiger partial charge in [-0.1, -0.05) is 19.4 Å². The van der Waals surface area contributed by atoms with Crippen LogP contribution >= 0.6 is 0 Å². The highest BCUT2D eigenvalue weighted by molar-refractivity contribution is 5.48. The van der Waals surface area contributed by atoms with Gasteiger partial charge in [-0.15, -0.1) is 0 Å². The van der Waals surface area contributed by atoms with E-state index in [4.69, 9.17) is 10.5 Å². The molecular weight excluding hydrogens is 260 g/mol. The zero-order chi connectivity index (χ0) is 14.7. The summed E-state index contributed by atoms with van der Waals surface area (Å²) in [6, 6.07) is 6.63. The summed E-state index contributed by atoms with van der Waals surface area (Å²) in [5.41, 5.74) is 8.55. The Labute approximate surface area is 128 Å². The van der Waals surface area contributed by atoms with E-state index in [1.807, 2.05) is 0 Å². The minimum absolute atomic E-state index is 0.691. The maximum Gasteiger partial charge on any atom is 0.119 e. The molecule has 1 heterocycles. The van der Waals surface area contributed by atoms with Gasteiger partial charge in [0.1, 0.15) is 5.75 Å². The van der Waals surface area contributed by atoms with Crippen LogP contribution in [0.3, 0.4) is 0 Å².